The summed E-state index contributed by atoms with van der Waals surface area (Å²) in [5.41, 5.74) is 6.15. The van der Waals surface area contributed by atoms with E-state index in [-0.39, 0.29) is 34.5 Å². The number of hydrogen-bond donors (Lipinski definition) is 3. The van der Waals surface area contributed by atoms with Crippen molar-refractivity contribution in [2.45, 2.75) is 131 Å². The Labute approximate surface area is 338 Å². The van der Waals surface area contributed by atoms with Crippen LogP contribution in [0.5, 0.6) is 0 Å². The van der Waals surface area contributed by atoms with Gasteiger partial charge in [-0.2, -0.15) is 0 Å². The van der Waals surface area contributed by atoms with E-state index in [1.54, 1.807) is 24.3 Å². The number of unbranched alkanes of at least 4 members (excludes halogenated alkanes) is 1. The molecule has 1 aromatic rings. The summed E-state index contributed by atoms with van der Waals surface area (Å²) in [7, 11) is 0. The van der Waals surface area contributed by atoms with Crippen molar-refractivity contribution < 1.29 is 38.5 Å². The molecule has 4 aliphatic carbocycles. The number of nitrogens with two attached hydrogens (primary N) is 1. The predicted octanol–water partition coefficient (Wildman–Crippen LogP) is 8.00. The first-order valence-electron chi connectivity index (χ1n) is 20.9. The highest BCUT2D eigenvalue weighted by molar-refractivity contribution is 6.30. The molecule has 0 spiro atoms. The molecule has 11 heteroatoms. The van der Waals surface area contributed by atoms with Crippen molar-refractivity contribution in [2.75, 3.05) is 19.8 Å². The molecule has 1 unspecified atom stereocenters. The molecule has 310 valence electrons. The van der Waals surface area contributed by atoms with Crippen LogP contribution < -0.4 is 11.1 Å². The number of amides is 1. The van der Waals surface area contributed by atoms with Crippen molar-refractivity contribution in [3.8, 4) is 0 Å². The molecule has 1 heterocycles. The first kappa shape index (κ1) is 42.7. The summed E-state index contributed by atoms with van der Waals surface area (Å²) in [4.78, 5) is 52.3. The molecule has 1 aliphatic heterocycles. The second-order valence-corrected chi connectivity index (χ2v) is 19.9. The summed E-state index contributed by atoms with van der Waals surface area (Å²) in [6, 6.07) is 5.80. The van der Waals surface area contributed by atoms with Crippen LogP contribution in [0.3, 0.4) is 0 Å². The molecule has 2 bridgehead atoms. The maximum Gasteiger partial charge on any atom is 0.323 e. The summed E-state index contributed by atoms with van der Waals surface area (Å²) >= 11 is 5.93. The second-order valence-electron chi connectivity index (χ2n) is 19.4. The minimum atomic E-state index is -0.883. The number of benzene rings is 1. The van der Waals surface area contributed by atoms with Gasteiger partial charge in [-0.3, -0.25) is 19.2 Å². The maximum atomic E-state index is 13.7. The van der Waals surface area contributed by atoms with Crippen LogP contribution >= 0.6 is 11.6 Å². The number of hydrogen-bond acceptors (Lipinski definition) is 8. The van der Waals surface area contributed by atoms with Gasteiger partial charge in [-0.05, 0) is 122 Å². The van der Waals surface area contributed by atoms with E-state index in [2.05, 4.69) is 59.9 Å². The minimum Gasteiger partial charge on any atom is -0.481 e. The topological polar surface area (TPSA) is 154 Å². The summed E-state index contributed by atoms with van der Waals surface area (Å²) in [5, 5.41) is 14.5. The van der Waals surface area contributed by atoms with Gasteiger partial charge in [-0.15, -0.1) is 0 Å². The Hall–Kier alpha value is -2.95. The quantitative estimate of drug-likeness (QED) is 0.108. The lowest BCUT2D eigenvalue weighted by molar-refractivity contribution is -0.263. The van der Waals surface area contributed by atoms with Gasteiger partial charge >= 0.3 is 17.9 Å². The number of carbonyl (C=O) groups is 4. The predicted molar refractivity (Wildman–Crippen MR) is 215 cm³/mol. The van der Waals surface area contributed by atoms with Crippen LogP contribution in [-0.2, 0) is 28.6 Å². The molecule has 4 fully saturated rings. The zero-order valence-electron chi connectivity index (χ0n) is 34.8. The third kappa shape index (κ3) is 7.01. The van der Waals surface area contributed by atoms with Crippen molar-refractivity contribution in [2.24, 2.45) is 62.4 Å². The van der Waals surface area contributed by atoms with Gasteiger partial charge < -0.3 is 30.4 Å². The molecule has 1 amide bonds. The van der Waals surface area contributed by atoms with E-state index in [0.29, 0.717) is 68.4 Å². The van der Waals surface area contributed by atoms with Crippen LogP contribution in [0.15, 0.2) is 35.9 Å². The van der Waals surface area contributed by atoms with E-state index in [1.807, 2.05) is 0 Å². The maximum absolute atomic E-state index is 13.7. The lowest BCUT2D eigenvalue weighted by Gasteiger charge is -2.71. The Morgan fingerprint density at radius 2 is 1.68 bits per heavy atom. The van der Waals surface area contributed by atoms with Crippen molar-refractivity contribution in [3.63, 3.8) is 0 Å². The summed E-state index contributed by atoms with van der Waals surface area (Å²) in [6.07, 6.45) is 7.26. The van der Waals surface area contributed by atoms with Gasteiger partial charge in [0, 0.05) is 34.9 Å². The van der Waals surface area contributed by atoms with Gasteiger partial charge in [-0.1, -0.05) is 71.7 Å². The number of carbonyl (C=O) groups excluding carboxylic acids is 3. The number of allylic oxidation sites excluding steroid dienone is 1. The van der Waals surface area contributed by atoms with E-state index in [9.17, 15) is 24.3 Å². The molecular formula is C45H65ClN2O8. The van der Waals surface area contributed by atoms with Crippen molar-refractivity contribution in [3.05, 3.63) is 46.5 Å². The third-order valence-corrected chi connectivity index (χ3v) is 16.5. The van der Waals surface area contributed by atoms with Crippen molar-refractivity contribution in [1.82, 2.24) is 5.32 Å². The monoisotopic (exact) mass is 796 g/mol. The van der Waals surface area contributed by atoms with Gasteiger partial charge in [0.2, 0.25) is 0 Å². The Morgan fingerprint density at radius 1 is 0.982 bits per heavy atom. The van der Waals surface area contributed by atoms with Gasteiger partial charge in [-0.25, -0.2) is 0 Å². The van der Waals surface area contributed by atoms with E-state index in [0.717, 1.165) is 25.7 Å². The molecule has 10 nitrogen and oxygen atoms in total. The lowest BCUT2D eigenvalue weighted by atomic mass is 9.34. The minimum absolute atomic E-state index is 0.106. The largest absolute Gasteiger partial charge is 0.481 e. The second kappa shape index (κ2) is 15.7. The smallest absolute Gasteiger partial charge is 0.323 e. The zero-order chi connectivity index (χ0) is 41.0. The van der Waals surface area contributed by atoms with Gasteiger partial charge in [0.15, 0.2) is 0 Å². The fraction of sp³-hybridized carbons (Fsp3) is 0.733. The molecule has 4 N–H and O–H groups in total. The van der Waals surface area contributed by atoms with Crippen molar-refractivity contribution >= 4 is 35.4 Å². The number of rotatable bonds is 12. The number of nitrogens with one attached hydrogen (secondary N) is 1. The van der Waals surface area contributed by atoms with Crippen LogP contribution in [0.2, 0.25) is 5.02 Å². The number of halogens is 1. The molecular weight excluding hydrogens is 732 g/mol. The summed E-state index contributed by atoms with van der Waals surface area (Å²) in [5.74, 6) is -1.46. The molecule has 12 atom stereocenters. The normalized spacial score (nSPS) is 38.5. The Kier molecular flexibility index (Phi) is 11.9. The number of carboxylic acid groups (broad SMARTS) is 1. The highest BCUT2D eigenvalue weighted by Gasteiger charge is 2.72. The summed E-state index contributed by atoms with van der Waals surface area (Å²) < 4.78 is 19.0. The molecule has 56 heavy (non-hydrogen) atoms. The fourth-order valence-electron chi connectivity index (χ4n) is 12.8. The van der Waals surface area contributed by atoms with Crippen LogP contribution in [-0.4, -0.2) is 66.9 Å². The van der Waals surface area contributed by atoms with Gasteiger partial charge in [0.05, 0.1) is 19.1 Å². The van der Waals surface area contributed by atoms with Crippen LogP contribution in [0.1, 0.15) is 124 Å². The fourth-order valence-corrected chi connectivity index (χ4v) is 13.0. The molecule has 3 saturated carbocycles. The molecule has 6 rings (SSSR count). The first-order chi connectivity index (χ1) is 26.2. The standard InChI is InChI=1S/C45H65ClN2O8/c1-26(2)27(3)41(5)20-21-43(7)31-16-17-35-42(6)24-54-25-45(35,32(31)18-19-44(43,8)36(41)39(51)52)23-34(55-28(4)49)37(42)56-40(53)33(47)11-9-10-22-48-38(50)29-12-14-30(46)15-13-29/h12-15,18,26-27,31,33-37H,9-11,16-17,19-25,47H2,1-8H3,(H,48,50)(H,51,52)/t27-,31+,33?,34-,35+,36-,37+,41-,42-,43-,44+,45+/m1/s1. The number of fused-ring (bicyclic) bond motifs is 3. The van der Waals surface area contributed by atoms with Crippen molar-refractivity contribution in [1.29, 1.82) is 0 Å². The molecule has 1 aromatic carbocycles. The van der Waals surface area contributed by atoms with E-state index >= 15 is 0 Å². The van der Waals surface area contributed by atoms with Crippen LogP contribution in [0, 0.1) is 56.7 Å². The highest BCUT2D eigenvalue weighted by atomic mass is 35.5. The highest BCUT2D eigenvalue weighted by Crippen LogP contribution is 2.75. The molecule has 0 radical (unpaired) electrons. The first-order valence-corrected chi connectivity index (χ1v) is 21.3. The molecule has 0 aromatic heterocycles. The molecule has 1 saturated heterocycles. The third-order valence-electron chi connectivity index (χ3n) is 16.3. The molecule has 5 aliphatic rings. The SMILES string of the molecule is CC(=O)O[C@@H]1C[C@@]23COC[C@](C)([C@@H]2CC[C@H]2C3=CC[C@@]3(C)[C@H](C(=O)O)[C@@](C)([C@H](C)C(C)C)CC[C@]23C)[C@H]1OC(=O)C(N)CCCCNC(=O)c1ccc(Cl)cc1. The average molecular weight is 797 g/mol. The van der Waals surface area contributed by atoms with Crippen LogP contribution in [0.25, 0.3) is 0 Å². The van der Waals surface area contributed by atoms with E-state index in [1.165, 1.54) is 12.5 Å². The Balaban J connectivity index is 1.20. The number of esters is 2. The van der Waals surface area contributed by atoms with Gasteiger partial charge in [0.1, 0.15) is 18.2 Å². The Bertz CT molecular complexity index is 1720. The zero-order valence-corrected chi connectivity index (χ0v) is 35.5. The Morgan fingerprint density at radius 3 is 2.32 bits per heavy atom. The lowest BCUT2D eigenvalue weighted by Crippen LogP contribution is -2.70. The van der Waals surface area contributed by atoms with E-state index < -0.39 is 58.3 Å². The van der Waals surface area contributed by atoms with Gasteiger partial charge in [0.25, 0.3) is 5.91 Å². The number of carboxylic acids is 1. The average Bonchev–Trinajstić information content (AvgIpc) is 3.12. The number of ether oxygens (including phenoxy) is 3. The van der Waals surface area contributed by atoms with Crippen LogP contribution in [0.4, 0.5) is 0 Å². The summed E-state index contributed by atoms with van der Waals surface area (Å²) in [6.45, 7) is 18.3. The number of aliphatic carboxylic acids is 1. The van der Waals surface area contributed by atoms with E-state index in [4.69, 9.17) is 31.5 Å².